The number of hydrogen-bond acceptors (Lipinski definition) is 5. The largest absolute Gasteiger partial charge is 0.337 e. The maximum Gasteiger partial charge on any atom is 0.243 e. The molecule has 92 valence electrons. The Balaban J connectivity index is 2.13. The van der Waals surface area contributed by atoms with E-state index in [1.165, 1.54) is 0 Å². The van der Waals surface area contributed by atoms with Crippen molar-refractivity contribution in [1.82, 2.24) is 25.0 Å². The van der Waals surface area contributed by atoms with Crippen LogP contribution in [0.1, 0.15) is 32.2 Å². The Morgan fingerprint density at radius 1 is 1.53 bits per heavy atom. The van der Waals surface area contributed by atoms with E-state index >= 15 is 0 Å². The van der Waals surface area contributed by atoms with Crippen LogP contribution in [-0.4, -0.2) is 26.2 Å². The zero-order valence-electron chi connectivity index (χ0n) is 10.3. The normalized spacial score (nSPS) is 12.9. The molecular formula is C11H17N5O. The van der Waals surface area contributed by atoms with Gasteiger partial charge in [0.2, 0.25) is 11.7 Å². The van der Waals surface area contributed by atoms with Crippen molar-refractivity contribution in [1.29, 1.82) is 0 Å². The van der Waals surface area contributed by atoms with Crippen LogP contribution in [0.5, 0.6) is 0 Å². The SMILES string of the molecule is CCCNC(C)c1nc(-c2cncn2C)no1. The summed E-state index contributed by atoms with van der Waals surface area (Å²) in [6.45, 7) is 5.06. The van der Waals surface area contributed by atoms with E-state index in [1.807, 2.05) is 18.5 Å². The van der Waals surface area contributed by atoms with Gasteiger partial charge in [-0.1, -0.05) is 12.1 Å². The van der Waals surface area contributed by atoms with Crippen molar-refractivity contribution in [3.63, 3.8) is 0 Å². The van der Waals surface area contributed by atoms with Gasteiger partial charge in [-0.15, -0.1) is 0 Å². The predicted octanol–water partition coefficient (Wildman–Crippen LogP) is 1.53. The molecule has 0 saturated heterocycles. The van der Waals surface area contributed by atoms with Gasteiger partial charge in [0.1, 0.15) is 5.69 Å². The van der Waals surface area contributed by atoms with E-state index in [9.17, 15) is 0 Å². The minimum absolute atomic E-state index is 0.0735. The standard InChI is InChI=1S/C11H17N5O/c1-4-5-13-8(2)11-14-10(15-17-11)9-6-12-7-16(9)3/h6-8,13H,4-5H2,1-3H3. The van der Waals surface area contributed by atoms with Gasteiger partial charge < -0.3 is 14.4 Å². The molecular weight excluding hydrogens is 218 g/mol. The van der Waals surface area contributed by atoms with E-state index in [2.05, 4.69) is 27.4 Å². The van der Waals surface area contributed by atoms with Crippen molar-refractivity contribution in [3.8, 4) is 11.5 Å². The first kappa shape index (κ1) is 11.8. The quantitative estimate of drug-likeness (QED) is 0.851. The summed E-state index contributed by atoms with van der Waals surface area (Å²) in [5.74, 6) is 1.18. The van der Waals surface area contributed by atoms with E-state index in [1.54, 1.807) is 12.5 Å². The van der Waals surface area contributed by atoms with Crippen LogP contribution in [-0.2, 0) is 7.05 Å². The van der Waals surface area contributed by atoms with Crippen LogP contribution in [0.2, 0.25) is 0 Å². The van der Waals surface area contributed by atoms with Crippen LogP contribution in [0, 0.1) is 0 Å². The van der Waals surface area contributed by atoms with Gasteiger partial charge in [0.25, 0.3) is 0 Å². The lowest BCUT2D eigenvalue weighted by Crippen LogP contribution is -2.19. The summed E-state index contributed by atoms with van der Waals surface area (Å²) in [6.07, 6.45) is 4.51. The van der Waals surface area contributed by atoms with Crippen LogP contribution >= 0.6 is 0 Å². The number of imidazole rings is 1. The van der Waals surface area contributed by atoms with Crippen LogP contribution in [0.3, 0.4) is 0 Å². The van der Waals surface area contributed by atoms with Crippen LogP contribution < -0.4 is 5.32 Å². The summed E-state index contributed by atoms with van der Waals surface area (Å²) in [5, 5.41) is 7.26. The molecule has 2 aromatic rings. The highest BCUT2D eigenvalue weighted by Gasteiger charge is 2.15. The van der Waals surface area contributed by atoms with Gasteiger partial charge in [-0.2, -0.15) is 4.98 Å². The molecule has 0 fully saturated rings. The molecule has 0 bridgehead atoms. The lowest BCUT2D eigenvalue weighted by Gasteiger charge is -2.06. The fourth-order valence-electron chi connectivity index (χ4n) is 1.54. The van der Waals surface area contributed by atoms with Gasteiger partial charge in [-0.25, -0.2) is 4.98 Å². The fourth-order valence-corrected chi connectivity index (χ4v) is 1.54. The highest BCUT2D eigenvalue weighted by molar-refractivity contribution is 5.47. The topological polar surface area (TPSA) is 68.8 Å². The molecule has 2 rings (SSSR count). The molecule has 0 aliphatic heterocycles. The maximum atomic E-state index is 5.24. The van der Waals surface area contributed by atoms with Crippen LogP contribution in [0.25, 0.3) is 11.5 Å². The summed E-state index contributed by atoms with van der Waals surface area (Å²) in [7, 11) is 1.90. The number of aryl methyl sites for hydroxylation is 1. The molecule has 1 atom stereocenters. The van der Waals surface area contributed by atoms with Crippen molar-refractivity contribution in [2.24, 2.45) is 7.05 Å². The Morgan fingerprint density at radius 2 is 2.35 bits per heavy atom. The first-order valence-corrected chi connectivity index (χ1v) is 5.76. The van der Waals surface area contributed by atoms with Crippen molar-refractivity contribution in [2.75, 3.05) is 6.54 Å². The Labute approximate surface area is 100 Å². The third-order valence-corrected chi connectivity index (χ3v) is 2.56. The monoisotopic (exact) mass is 235 g/mol. The molecule has 17 heavy (non-hydrogen) atoms. The van der Waals surface area contributed by atoms with Gasteiger partial charge >= 0.3 is 0 Å². The number of hydrogen-bond donors (Lipinski definition) is 1. The Kier molecular flexibility index (Phi) is 3.53. The summed E-state index contributed by atoms with van der Waals surface area (Å²) in [4.78, 5) is 8.39. The van der Waals surface area contributed by atoms with Crippen LogP contribution in [0.4, 0.5) is 0 Å². The second kappa shape index (κ2) is 5.09. The second-order valence-electron chi connectivity index (χ2n) is 4.02. The van der Waals surface area contributed by atoms with Crippen LogP contribution in [0.15, 0.2) is 17.0 Å². The van der Waals surface area contributed by atoms with E-state index < -0.39 is 0 Å². The molecule has 2 aromatic heterocycles. The Hall–Kier alpha value is -1.69. The van der Waals surface area contributed by atoms with Gasteiger partial charge in [0.15, 0.2) is 0 Å². The molecule has 0 aromatic carbocycles. The minimum Gasteiger partial charge on any atom is -0.337 e. The van der Waals surface area contributed by atoms with Crippen molar-refractivity contribution < 1.29 is 4.52 Å². The highest BCUT2D eigenvalue weighted by atomic mass is 16.5. The van der Waals surface area contributed by atoms with Crippen molar-refractivity contribution >= 4 is 0 Å². The first-order chi connectivity index (χ1) is 8.22. The minimum atomic E-state index is 0.0735. The second-order valence-corrected chi connectivity index (χ2v) is 4.02. The smallest absolute Gasteiger partial charge is 0.243 e. The third kappa shape index (κ3) is 2.52. The zero-order chi connectivity index (χ0) is 12.3. The number of aromatic nitrogens is 4. The predicted molar refractivity (Wildman–Crippen MR) is 63.2 cm³/mol. The summed E-state index contributed by atoms with van der Waals surface area (Å²) in [6, 6.07) is 0.0735. The van der Waals surface area contributed by atoms with Gasteiger partial charge in [-0.05, 0) is 19.9 Å². The van der Waals surface area contributed by atoms with E-state index in [0.717, 1.165) is 18.7 Å². The molecule has 0 aliphatic carbocycles. The molecule has 0 spiro atoms. The zero-order valence-corrected chi connectivity index (χ0v) is 10.3. The summed E-state index contributed by atoms with van der Waals surface area (Å²) >= 11 is 0. The Morgan fingerprint density at radius 3 is 3.00 bits per heavy atom. The van der Waals surface area contributed by atoms with E-state index in [-0.39, 0.29) is 6.04 Å². The average molecular weight is 235 g/mol. The fraction of sp³-hybridized carbons (Fsp3) is 0.545. The van der Waals surface area contributed by atoms with Crippen molar-refractivity contribution in [2.45, 2.75) is 26.3 Å². The van der Waals surface area contributed by atoms with Gasteiger partial charge in [-0.3, -0.25) is 0 Å². The summed E-state index contributed by atoms with van der Waals surface area (Å²) in [5.41, 5.74) is 0.850. The van der Waals surface area contributed by atoms with Gasteiger partial charge in [0.05, 0.1) is 18.6 Å². The molecule has 2 heterocycles. The molecule has 0 saturated carbocycles. The van der Waals surface area contributed by atoms with Crippen molar-refractivity contribution in [3.05, 3.63) is 18.4 Å². The maximum absolute atomic E-state index is 5.24. The first-order valence-electron chi connectivity index (χ1n) is 5.76. The molecule has 0 radical (unpaired) electrons. The number of rotatable bonds is 5. The Bertz CT molecular complexity index is 476. The van der Waals surface area contributed by atoms with E-state index in [0.29, 0.717) is 11.7 Å². The molecule has 0 amide bonds. The molecule has 6 heteroatoms. The molecule has 0 aliphatic rings. The number of nitrogens with zero attached hydrogens (tertiary/aromatic N) is 4. The average Bonchev–Trinajstić information content (AvgIpc) is 2.93. The summed E-state index contributed by atoms with van der Waals surface area (Å²) < 4.78 is 7.10. The van der Waals surface area contributed by atoms with Gasteiger partial charge in [0, 0.05) is 7.05 Å². The molecule has 1 unspecified atom stereocenters. The highest BCUT2D eigenvalue weighted by Crippen LogP contribution is 2.17. The molecule has 1 N–H and O–H groups in total. The lowest BCUT2D eigenvalue weighted by atomic mass is 10.3. The third-order valence-electron chi connectivity index (χ3n) is 2.56. The molecule has 6 nitrogen and oxygen atoms in total. The van der Waals surface area contributed by atoms with E-state index in [4.69, 9.17) is 4.52 Å². The lowest BCUT2D eigenvalue weighted by molar-refractivity contribution is 0.340. The number of nitrogens with one attached hydrogen (secondary N) is 1.